The number of anilines is 1. The van der Waals surface area contributed by atoms with Gasteiger partial charge in [-0.05, 0) is 11.6 Å². The van der Waals surface area contributed by atoms with Gasteiger partial charge in [-0.2, -0.15) is 0 Å². The largest absolute Gasteiger partial charge is 0.468 e. The Kier molecular flexibility index (Phi) is 4.07. The number of ether oxygens (including phenoxy) is 2. The quantitative estimate of drug-likeness (QED) is 0.769. The third kappa shape index (κ3) is 2.52. The van der Waals surface area contributed by atoms with Crippen LogP contribution in [0.3, 0.4) is 0 Å². The van der Waals surface area contributed by atoms with Crippen LogP contribution in [0.1, 0.15) is 18.4 Å². The number of esters is 2. The first-order valence-electron chi connectivity index (χ1n) is 6.27. The Morgan fingerprint density at radius 2 is 1.76 bits per heavy atom. The highest BCUT2D eigenvalue weighted by molar-refractivity contribution is 6.05. The molecular weight excluding hydrogens is 274 g/mol. The van der Waals surface area contributed by atoms with Crippen LogP contribution < -0.4 is 4.90 Å². The molecule has 1 aromatic rings. The zero-order valence-electron chi connectivity index (χ0n) is 12.0. The van der Waals surface area contributed by atoms with Gasteiger partial charge in [0.05, 0.1) is 25.5 Å². The standard InChI is InChI=1S/C15H15NO5/c1-9(17)16-8-11(14(18)20-2)13(15(19)21-3)10-6-4-5-7-12(10)16/h4-8,13H,1-3H3/t13-/m0/s1. The molecule has 6 nitrogen and oxygen atoms in total. The Labute approximate surface area is 121 Å². The fourth-order valence-electron chi connectivity index (χ4n) is 2.32. The highest BCUT2D eigenvalue weighted by Gasteiger charge is 2.38. The molecular formula is C15H15NO5. The van der Waals surface area contributed by atoms with E-state index in [1.54, 1.807) is 24.3 Å². The van der Waals surface area contributed by atoms with Crippen LogP contribution in [0, 0.1) is 0 Å². The molecule has 0 N–H and O–H groups in total. The summed E-state index contributed by atoms with van der Waals surface area (Å²) in [5.74, 6) is -2.44. The molecule has 0 spiro atoms. The van der Waals surface area contributed by atoms with Gasteiger partial charge >= 0.3 is 11.9 Å². The summed E-state index contributed by atoms with van der Waals surface area (Å²) < 4.78 is 9.48. The Balaban J connectivity index is 2.66. The van der Waals surface area contributed by atoms with E-state index in [9.17, 15) is 14.4 Å². The molecule has 0 unspecified atom stereocenters. The van der Waals surface area contributed by atoms with Crippen molar-refractivity contribution in [2.75, 3.05) is 19.1 Å². The fourth-order valence-corrected chi connectivity index (χ4v) is 2.32. The molecule has 0 radical (unpaired) electrons. The monoisotopic (exact) mass is 289 g/mol. The zero-order chi connectivity index (χ0) is 15.6. The van der Waals surface area contributed by atoms with Gasteiger partial charge in [-0.3, -0.25) is 14.5 Å². The minimum Gasteiger partial charge on any atom is -0.468 e. The number of fused-ring (bicyclic) bond motifs is 1. The maximum Gasteiger partial charge on any atom is 0.336 e. The normalized spacial score (nSPS) is 16.6. The molecule has 0 fully saturated rings. The highest BCUT2D eigenvalue weighted by Crippen LogP contribution is 2.38. The van der Waals surface area contributed by atoms with E-state index in [0.29, 0.717) is 11.3 Å². The van der Waals surface area contributed by atoms with E-state index >= 15 is 0 Å². The van der Waals surface area contributed by atoms with Crippen LogP contribution in [0.5, 0.6) is 0 Å². The summed E-state index contributed by atoms with van der Waals surface area (Å²) in [5, 5.41) is 0. The molecule has 21 heavy (non-hydrogen) atoms. The molecule has 1 amide bonds. The van der Waals surface area contributed by atoms with E-state index in [0.717, 1.165) is 0 Å². The molecule has 6 heteroatoms. The van der Waals surface area contributed by atoms with Gasteiger partial charge < -0.3 is 9.47 Å². The predicted octanol–water partition coefficient (Wildman–Crippen LogP) is 1.37. The third-order valence-electron chi connectivity index (χ3n) is 3.28. The van der Waals surface area contributed by atoms with E-state index in [2.05, 4.69) is 0 Å². The average molecular weight is 289 g/mol. The number of hydrogen-bond acceptors (Lipinski definition) is 5. The topological polar surface area (TPSA) is 72.9 Å². The molecule has 1 aliphatic rings. The lowest BCUT2D eigenvalue weighted by Gasteiger charge is -2.30. The predicted molar refractivity (Wildman–Crippen MR) is 74.5 cm³/mol. The number of amides is 1. The van der Waals surface area contributed by atoms with Crippen LogP contribution in [-0.4, -0.2) is 32.1 Å². The summed E-state index contributed by atoms with van der Waals surface area (Å²) >= 11 is 0. The van der Waals surface area contributed by atoms with Gasteiger partial charge in [0, 0.05) is 13.1 Å². The minimum absolute atomic E-state index is 0.0678. The molecule has 0 saturated carbocycles. The van der Waals surface area contributed by atoms with E-state index in [-0.39, 0.29) is 11.5 Å². The highest BCUT2D eigenvalue weighted by atomic mass is 16.5. The Morgan fingerprint density at radius 3 is 2.33 bits per heavy atom. The van der Waals surface area contributed by atoms with Crippen molar-refractivity contribution in [3.05, 3.63) is 41.6 Å². The fraction of sp³-hybridized carbons (Fsp3) is 0.267. The van der Waals surface area contributed by atoms with Crippen molar-refractivity contribution in [3.8, 4) is 0 Å². The van der Waals surface area contributed by atoms with E-state index in [4.69, 9.17) is 9.47 Å². The number of benzene rings is 1. The molecule has 0 aromatic heterocycles. The first kappa shape index (κ1) is 14.8. The lowest BCUT2D eigenvalue weighted by Crippen LogP contribution is -2.34. The molecule has 110 valence electrons. The van der Waals surface area contributed by atoms with Crippen molar-refractivity contribution in [3.63, 3.8) is 0 Å². The molecule has 1 aromatic carbocycles. The molecule has 2 rings (SSSR count). The third-order valence-corrected chi connectivity index (χ3v) is 3.28. The molecule has 1 heterocycles. The van der Waals surface area contributed by atoms with Gasteiger partial charge in [0.25, 0.3) is 0 Å². The van der Waals surface area contributed by atoms with Crippen molar-refractivity contribution in [2.24, 2.45) is 0 Å². The van der Waals surface area contributed by atoms with Gasteiger partial charge in [-0.1, -0.05) is 18.2 Å². The van der Waals surface area contributed by atoms with E-state index in [1.165, 1.54) is 32.2 Å². The van der Waals surface area contributed by atoms with Gasteiger partial charge in [-0.25, -0.2) is 4.79 Å². The number of nitrogens with zero attached hydrogens (tertiary/aromatic N) is 1. The maximum atomic E-state index is 12.1. The summed E-state index contributed by atoms with van der Waals surface area (Å²) in [6.45, 7) is 1.38. The van der Waals surface area contributed by atoms with Crippen molar-refractivity contribution >= 4 is 23.5 Å². The van der Waals surface area contributed by atoms with Crippen molar-refractivity contribution in [1.82, 2.24) is 0 Å². The van der Waals surface area contributed by atoms with Crippen LogP contribution in [-0.2, 0) is 23.9 Å². The van der Waals surface area contributed by atoms with Crippen molar-refractivity contribution < 1.29 is 23.9 Å². The van der Waals surface area contributed by atoms with Gasteiger partial charge in [0.1, 0.15) is 5.92 Å². The van der Waals surface area contributed by atoms with Crippen LogP contribution in [0.25, 0.3) is 0 Å². The second-order valence-electron chi connectivity index (χ2n) is 4.48. The Hall–Kier alpha value is -2.63. The SMILES string of the molecule is COC(=O)C1=CN(C(C)=O)c2ccccc2[C@@H]1C(=O)OC. The van der Waals surface area contributed by atoms with Crippen molar-refractivity contribution in [1.29, 1.82) is 0 Å². The summed E-state index contributed by atoms with van der Waals surface area (Å²) in [7, 11) is 2.47. The Bertz CT molecular complexity index is 635. The average Bonchev–Trinajstić information content (AvgIpc) is 2.51. The lowest BCUT2D eigenvalue weighted by molar-refractivity contribution is -0.145. The second-order valence-corrected chi connectivity index (χ2v) is 4.48. The summed E-state index contributed by atoms with van der Waals surface area (Å²) in [6.07, 6.45) is 1.33. The number of hydrogen-bond donors (Lipinski definition) is 0. The smallest absolute Gasteiger partial charge is 0.336 e. The summed E-state index contributed by atoms with van der Waals surface area (Å²) in [4.78, 5) is 37.1. The van der Waals surface area contributed by atoms with Gasteiger partial charge in [0.15, 0.2) is 0 Å². The molecule has 1 aliphatic heterocycles. The van der Waals surface area contributed by atoms with Gasteiger partial charge in [-0.15, -0.1) is 0 Å². The van der Waals surface area contributed by atoms with Gasteiger partial charge in [0.2, 0.25) is 5.91 Å². The molecule has 1 atom stereocenters. The van der Waals surface area contributed by atoms with E-state index in [1.807, 2.05) is 0 Å². The first-order chi connectivity index (χ1) is 10.0. The van der Waals surface area contributed by atoms with Crippen LogP contribution >= 0.6 is 0 Å². The molecule has 0 aliphatic carbocycles. The van der Waals surface area contributed by atoms with Crippen LogP contribution in [0.4, 0.5) is 5.69 Å². The van der Waals surface area contributed by atoms with Crippen LogP contribution in [0.15, 0.2) is 36.0 Å². The number of carbonyl (C=O) groups excluding carboxylic acids is 3. The lowest BCUT2D eigenvalue weighted by atomic mass is 9.87. The van der Waals surface area contributed by atoms with E-state index < -0.39 is 17.9 Å². The number of para-hydroxylation sites is 1. The molecule has 0 bridgehead atoms. The summed E-state index contributed by atoms with van der Waals surface area (Å²) in [6, 6.07) is 6.87. The first-order valence-corrected chi connectivity index (χ1v) is 6.27. The van der Waals surface area contributed by atoms with Crippen molar-refractivity contribution in [2.45, 2.75) is 12.8 Å². The molecule has 0 saturated heterocycles. The summed E-state index contributed by atoms with van der Waals surface area (Å²) in [5.41, 5.74) is 1.15. The number of carbonyl (C=O) groups is 3. The van der Waals surface area contributed by atoms with Crippen LogP contribution in [0.2, 0.25) is 0 Å². The number of rotatable bonds is 2. The minimum atomic E-state index is -0.908. The maximum absolute atomic E-state index is 12.1. The number of methoxy groups -OCH3 is 2. The Morgan fingerprint density at radius 1 is 1.10 bits per heavy atom. The zero-order valence-corrected chi connectivity index (χ0v) is 12.0. The second kappa shape index (κ2) is 5.78.